The Morgan fingerprint density at radius 3 is 2.15 bits per heavy atom. The summed E-state index contributed by atoms with van der Waals surface area (Å²) in [6, 6.07) is 11.4. The second kappa shape index (κ2) is 8.43. The number of benzene rings is 2. The second-order valence-electron chi connectivity index (χ2n) is 6.80. The summed E-state index contributed by atoms with van der Waals surface area (Å²) in [6.07, 6.45) is -0.677. The molecule has 0 saturated heterocycles. The molecule has 7 heteroatoms. The summed E-state index contributed by atoms with van der Waals surface area (Å²) >= 11 is 0. The van der Waals surface area contributed by atoms with Crippen LogP contribution in [0.25, 0.3) is 0 Å². The number of hydrogen-bond donors (Lipinski definition) is 2. The average Bonchev–Trinajstić information content (AvgIpc) is 2.58. The van der Waals surface area contributed by atoms with E-state index in [1.165, 1.54) is 24.3 Å². The van der Waals surface area contributed by atoms with Crippen molar-refractivity contribution < 1.29 is 17.9 Å². The molecule has 0 saturated carbocycles. The first-order valence-electron chi connectivity index (χ1n) is 8.75. The topological polar surface area (TPSA) is 84.5 Å². The van der Waals surface area contributed by atoms with E-state index in [0.717, 1.165) is 11.1 Å². The quantitative estimate of drug-likeness (QED) is 0.759. The summed E-state index contributed by atoms with van der Waals surface area (Å²) in [7, 11) is -3.71. The molecule has 0 aromatic heterocycles. The van der Waals surface area contributed by atoms with Crippen molar-refractivity contribution in [3.05, 3.63) is 53.6 Å². The van der Waals surface area contributed by atoms with Gasteiger partial charge >= 0.3 is 0 Å². The Hall–Kier alpha value is -2.54. The van der Waals surface area contributed by atoms with Gasteiger partial charge in [0.2, 0.25) is 0 Å². The van der Waals surface area contributed by atoms with E-state index in [1.807, 2.05) is 33.8 Å². The van der Waals surface area contributed by atoms with Gasteiger partial charge in [-0.3, -0.25) is 9.52 Å². The van der Waals surface area contributed by atoms with E-state index in [4.69, 9.17) is 4.74 Å². The van der Waals surface area contributed by atoms with Gasteiger partial charge in [0.1, 0.15) is 5.75 Å². The molecule has 0 aliphatic carbocycles. The molecule has 2 N–H and O–H groups in total. The Balaban J connectivity index is 2.08. The van der Waals surface area contributed by atoms with E-state index >= 15 is 0 Å². The molecular weight excluding hydrogens is 364 g/mol. The average molecular weight is 391 g/mol. The molecule has 0 aliphatic rings. The number of rotatable bonds is 7. The van der Waals surface area contributed by atoms with Crippen molar-refractivity contribution in [2.45, 2.75) is 51.7 Å². The number of nitrogens with one attached hydrogen (secondary N) is 2. The minimum atomic E-state index is -3.71. The fourth-order valence-corrected chi connectivity index (χ4v) is 3.43. The van der Waals surface area contributed by atoms with Crippen molar-refractivity contribution in [2.24, 2.45) is 0 Å². The van der Waals surface area contributed by atoms with Crippen LogP contribution in [0, 0.1) is 13.8 Å². The smallest absolute Gasteiger partial charge is 0.261 e. The molecule has 146 valence electrons. The maximum Gasteiger partial charge on any atom is 0.261 e. The minimum absolute atomic E-state index is 0.0209. The SMILES string of the molecule is Cc1ccc(NS(=O)(=O)c2ccc(O[C@H](C)C(=O)NC(C)C)cc2)cc1C. The van der Waals surface area contributed by atoms with Gasteiger partial charge in [-0.05, 0) is 82.1 Å². The van der Waals surface area contributed by atoms with E-state index in [-0.39, 0.29) is 16.8 Å². The third kappa shape index (κ3) is 5.72. The maximum atomic E-state index is 12.5. The summed E-state index contributed by atoms with van der Waals surface area (Å²) in [5, 5.41) is 2.76. The summed E-state index contributed by atoms with van der Waals surface area (Å²) in [6.45, 7) is 9.27. The molecule has 6 nitrogen and oxygen atoms in total. The van der Waals surface area contributed by atoms with Crippen molar-refractivity contribution in [2.75, 3.05) is 4.72 Å². The fourth-order valence-electron chi connectivity index (χ4n) is 2.38. The van der Waals surface area contributed by atoms with Gasteiger partial charge in [0.15, 0.2) is 6.10 Å². The van der Waals surface area contributed by atoms with Gasteiger partial charge in [0.05, 0.1) is 4.90 Å². The number of amides is 1. The van der Waals surface area contributed by atoms with E-state index in [1.54, 1.807) is 19.1 Å². The lowest BCUT2D eigenvalue weighted by atomic mass is 10.1. The zero-order chi connectivity index (χ0) is 20.2. The van der Waals surface area contributed by atoms with Crippen LogP contribution < -0.4 is 14.8 Å². The molecule has 1 amide bonds. The largest absolute Gasteiger partial charge is 0.481 e. The van der Waals surface area contributed by atoms with Crippen LogP contribution in [0.4, 0.5) is 5.69 Å². The summed E-state index contributed by atoms with van der Waals surface area (Å²) in [5.41, 5.74) is 2.61. The van der Waals surface area contributed by atoms with Crippen LogP contribution in [-0.4, -0.2) is 26.5 Å². The molecule has 0 unspecified atom stereocenters. The Morgan fingerprint density at radius 2 is 1.59 bits per heavy atom. The van der Waals surface area contributed by atoms with Crippen molar-refractivity contribution in [3.8, 4) is 5.75 Å². The van der Waals surface area contributed by atoms with Crippen LogP contribution in [0.15, 0.2) is 47.4 Å². The monoisotopic (exact) mass is 390 g/mol. The van der Waals surface area contributed by atoms with Crippen LogP contribution in [0.3, 0.4) is 0 Å². The first-order valence-corrected chi connectivity index (χ1v) is 10.2. The lowest BCUT2D eigenvalue weighted by molar-refractivity contribution is -0.127. The highest BCUT2D eigenvalue weighted by molar-refractivity contribution is 7.92. The van der Waals surface area contributed by atoms with E-state index < -0.39 is 16.1 Å². The molecule has 2 aromatic carbocycles. The van der Waals surface area contributed by atoms with Gasteiger partial charge < -0.3 is 10.1 Å². The molecule has 2 aromatic rings. The van der Waals surface area contributed by atoms with Crippen LogP contribution >= 0.6 is 0 Å². The van der Waals surface area contributed by atoms with Gasteiger partial charge in [0, 0.05) is 11.7 Å². The van der Waals surface area contributed by atoms with Crippen LogP contribution in [0.1, 0.15) is 31.9 Å². The summed E-state index contributed by atoms with van der Waals surface area (Å²) < 4.78 is 33.2. The number of carbonyl (C=O) groups excluding carboxylic acids is 1. The Bertz CT molecular complexity index is 906. The molecule has 0 radical (unpaired) electrons. The second-order valence-corrected chi connectivity index (χ2v) is 8.48. The first-order chi connectivity index (χ1) is 12.6. The third-order valence-electron chi connectivity index (χ3n) is 4.01. The highest BCUT2D eigenvalue weighted by Crippen LogP contribution is 2.21. The number of ether oxygens (including phenoxy) is 1. The maximum absolute atomic E-state index is 12.5. The number of hydrogen-bond acceptors (Lipinski definition) is 4. The van der Waals surface area contributed by atoms with Gasteiger partial charge in [-0.2, -0.15) is 0 Å². The Kier molecular flexibility index (Phi) is 6.49. The number of sulfonamides is 1. The number of carbonyl (C=O) groups is 1. The molecule has 1 atom stereocenters. The standard InChI is InChI=1S/C20H26N2O4S/c1-13(2)21-20(23)16(5)26-18-8-10-19(11-9-18)27(24,25)22-17-7-6-14(3)15(4)12-17/h6-13,16,22H,1-5H3,(H,21,23)/t16-/m1/s1. The van der Waals surface area contributed by atoms with Gasteiger partial charge in [-0.25, -0.2) is 8.42 Å². The van der Waals surface area contributed by atoms with Crippen LogP contribution in [0.5, 0.6) is 5.75 Å². The Labute approximate surface area is 161 Å². The van der Waals surface area contributed by atoms with E-state index in [9.17, 15) is 13.2 Å². The van der Waals surface area contributed by atoms with Crippen molar-refractivity contribution in [1.29, 1.82) is 0 Å². The summed E-state index contributed by atoms with van der Waals surface area (Å²) in [5.74, 6) is 0.199. The number of aryl methyl sites for hydroxylation is 2. The number of anilines is 1. The zero-order valence-corrected chi connectivity index (χ0v) is 17.1. The lowest BCUT2D eigenvalue weighted by Crippen LogP contribution is -2.40. The van der Waals surface area contributed by atoms with Gasteiger partial charge in [-0.1, -0.05) is 6.07 Å². The van der Waals surface area contributed by atoms with Crippen molar-refractivity contribution >= 4 is 21.6 Å². The molecule has 2 rings (SSSR count). The molecule has 0 spiro atoms. The Morgan fingerprint density at radius 1 is 0.963 bits per heavy atom. The highest BCUT2D eigenvalue weighted by Gasteiger charge is 2.17. The summed E-state index contributed by atoms with van der Waals surface area (Å²) in [4.78, 5) is 12.0. The normalized spacial score (nSPS) is 12.5. The molecular formula is C20H26N2O4S. The molecule has 27 heavy (non-hydrogen) atoms. The van der Waals surface area contributed by atoms with Crippen molar-refractivity contribution in [3.63, 3.8) is 0 Å². The fraction of sp³-hybridized carbons (Fsp3) is 0.350. The third-order valence-corrected chi connectivity index (χ3v) is 5.40. The minimum Gasteiger partial charge on any atom is -0.481 e. The molecule has 0 aliphatic heterocycles. The molecule has 0 heterocycles. The van der Waals surface area contributed by atoms with Crippen LogP contribution in [-0.2, 0) is 14.8 Å². The zero-order valence-electron chi connectivity index (χ0n) is 16.2. The highest BCUT2D eigenvalue weighted by atomic mass is 32.2. The van der Waals surface area contributed by atoms with Gasteiger partial charge in [0.25, 0.3) is 15.9 Å². The predicted octanol–water partition coefficient (Wildman–Crippen LogP) is 3.40. The molecule has 0 fully saturated rings. The van der Waals surface area contributed by atoms with Gasteiger partial charge in [-0.15, -0.1) is 0 Å². The lowest BCUT2D eigenvalue weighted by Gasteiger charge is -2.16. The van der Waals surface area contributed by atoms with Crippen LogP contribution in [0.2, 0.25) is 0 Å². The molecule has 0 bridgehead atoms. The van der Waals surface area contributed by atoms with E-state index in [0.29, 0.717) is 11.4 Å². The first kappa shape index (κ1) is 20.8. The van der Waals surface area contributed by atoms with E-state index in [2.05, 4.69) is 10.0 Å². The predicted molar refractivity (Wildman–Crippen MR) is 107 cm³/mol. The van der Waals surface area contributed by atoms with Crippen molar-refractivity contribution in [1.82, 2.24) is 5.32 Å².